The molecule has 5 nitrogen and oxygen atoms in total. The van der Waals surface area contributed by atoms with E-state index in [1.54, 1.807) is 33.4 Å². The van der Waals surface area contributed by atoms with Crippen molar-refractivity contribution < 1.29 is 0 Å². The Hall–Kier alpha value is -7.62. The van der Waals surface area contributed by atoms with Gasteiger partial charge in [0.2, 0.25) is 0 Å². The number of H-pyrrole nitrogens is 1. The Balaban J connectivity index is 0.000000115. The predicted molar refractivity (Wildman–Crippen MR) is 397 cm³/mol. The number of thiophene rings is 3. The van der Waals surface area contributed by atoms with E-state index in [2.05, 4.69) is 151 Å². The fraction of sp³-hybridized carbons (Fsp3) is 0.364. The molecule has 468 valence electrons. The smallest absolute Gasteiger partial charge is 0.0699 e. The summed E-state index contributed by atoms with van der Waals surface area (Å²) in [5.74, 6) is 7.96. The van der Waals surface area contributed by atoms with Crippen LogP contribution in [0.15, 0.2) is 146 Å². The summed E-state index contributed by atoms with van der Waals surface area (Å²) in [6, 6.07) is 20.1. The molecule has 0 amide bonds. The predicted octanol–water partition coefficient (Wildman–Crippen LogP) is 23.0. The first-order valence-corrected chi connectivity index (χ1v) is 39.7. The van der Waals surface area contributed by atoms with E-state index in [0.717, 1.165) is 0 Å². The fourth-order valence-corrected chi connectivity index (χ4v) is 27.5. The van der Waals surface area contributed by atoms with E-state index in [9.17, 15) is 0 Å². The number of allylic oxidation sites excluding steroid dienone is 24. The summed E-state index contributed by atoms with van der Waals surface area (Å²) in [7, 11) is 0. The van der Waals surface area contributed by atoms with Gasteiger partial charge < -0.3 is 4.98 Å². The number of aromatic nitrogens is 5. The average molecular weight is 1300 g/mol. The first kappa shape index (κ1) is 53.4. The molecule has 16 unspecified atom stereocenters. The van der Waals surface area contributed by atoms with Gasteiger partial charge in [-0.2, -0.15) is 0 Å². The standard InChI is InChI=1S/C44H37N3S.C44H36N2S2/c1-2-22-4-3-21(1)37-29-17-31-39-23-5-9-25(10-6-23)41(39)33(46-31)19-35-43-27-13-15-28(16-14-27)44(43)36(48-35)20-34-42-26-11-7-24(8-12-26)40(42)32(47-34)18-30(45-29)38(22)37;1-2-22-4-3-21(1)37-29-17-33-41-25-9-11-27(12-10-25)43(41)35(47-33)19-31-39-23-5-7-24(8-6-23)40(39)32(46-31)20-36-44-28-15-13-26(14-16-28)42(44)34(48-36)18-30(45-29)38(22)37/h1-2,5,7,9,11,13,15,17-28,45H,3-4,6,8,10,12,14,16H2;1-2,5,7,9,11,13,15,17-28H,3-4,6,8,10,12,14,16H2. The molecule has 0 radical (unpaired) electrons. The van der Waals surface area contributed by atoms with Crippen LogP contribution in [-0.2, 0) is 0 Å². The van der Waals surface area contributed by atoms with Gasteiger partial charge in [0.25, 0.3) is 0 Å². The molecule has 8 heteroatoms. The Morgan fingerprint density at radius 3 is 0.531 bits per heavy atom. The van der Waals surface area contributed by atoms with Gasteiger partial charge in [0.05, 0.1) is 45.6 Å². The third-order valence-electron chi connectivity index (χ3n) is 27.6. The monoisotopic (exact) mass is 1300 g/mol. The second kappa shape index (κ2) is 19.2. The molecule has 34 rings (SSSR count). The quantitative estimate of drug-likeness (QED) is 0.154. The van der Waals surface area contributed by atoms with Crippen LogP contribution in [0, 0.1) is 47.3 Å². The van der Waals surface area contributed by atoms with Crippen LogP contribution < -0.4 is 0 Å². The molecular weight excluding hydrogens is 1220 g/mol. The van der Waals surface area contributed by atoms with Crippen molar-refractivity contribution in [2.45, 2.75) is 150 Å². The Kier molecular flexibility index (Phi) is 10.7. The molecule has 10 heterocycles. The van der Waals surface area contributed by atoms with Gasteiger partial charge in [-0.3, -0.25) is 0 Å². The van der Waals surface area contributed by atoms with Crippen LogP contribution >= 0.6 is 34.0 Å². The van der Waals surface area contributed by atoms with Gasteiger partial charge in [-0.05, 0) is 240 Å². The Labute approximate surface area is 571 Å². The van der Waals surface area contributed by atoms with E-state index in [1.165, 1.54) is 243 Å². The number of nitrogens with one attached hydrogen (secondary N) is 1. The van der Waals surface area contributed by atoms with Crippen LogP contribution in [0.1, 0.15) is 240 Å². The summed E-state index contributed by atoms with van der Waals surface area (Å²) < 4.78 is 8.68. The normalized spacial score (nSPS) is 33.5. The number of fused-ring (bicyclic) bond motifs is 24. The first-order chi connectivity index (χ1) is 47.5. The lowest BCUT2D eigenvalue weighted by Gasteiger charge is -2.33. The number of hydrogen-bond donors (Lipinski definition) is 1. The lowest BCUT2D eigenvalue weighted by atomic mass is 9.70. The molecule has 0 fully saturated rings. The van der Waals surface area contributed by atoms with Gasteiger partial charge in [-0.15, -0.1) is 34.0 Å². The number of rotatable bonds is 0. The summed E-state index contributed by atoms with van der Waals surface area (Å²) in [4.78, 5) is 26.5. The van der Waals surface area contributed by atoms with Crippen molar-refractivity contribution in [1.82, 2.24) is 24.9 Å². The van der Waals surface area contributed by atoms with Crippen LogP contribution in [-0.4, -0.2) is 24.9 Å². The Bertz CT molecular complexity index is 4540. The van der Waals surface area contributed by atoms with Gasteiger partial charge in [0, 0.05) is 134 Å². The van der Waals surface area contributed by atoms with Gasteiger partial charge in [-0.1, -0.05) is 97.2 Å². The van der Waals surface area contributed by atoms with Gasteiger partial charge in [0.15, 0.2) is 0 Å². The minimum Gasteiger partial charge on any atom is -0.355 e. The zero-order chi connectivity index (χ0) is 61.7. The first-order valence-electron chi connectivity index (χ1n) is 37.3. The van der Waals surface area contributed by atoms with Gasteiger partial charge in [-0.25, -0.2) is 19.9 Å². The van der Waals surface area contributed by atoms with E-state index >= 15 is 0 Å². The fourth-order valence-electron chi connectivity index (χ4n) is 23.5. The summed E-state index contributed by atoms with van der Waals surface area (Å²) in [5.41, 5.74) is 37.2. The van der Waals surface area contributed by atoms with E-state index in [4.69, 9.17) is 19.9 Å². The van der Waals surface area contributed by atoms with E-state index in [1.807, 2.05) is 34.0 Å². The average Bonchev–Trinajstić information content (AvgIpc) is 1.66. The minimum atomic E-state index is 0.475. The minimum absolute atomic E-state index is 0.475. The van der Waals surface area contributed by atoms with Crippen molar-refractivity contribution in [2.75, 3.05) is 0 Å². The molecule has 0 aromatic carbocycles. The topological polar surface area (TPSA) is 67.3 Å². The Morgan fingerprint density at radius 1 is 0.198 bits per heavy atom. The highest BCUT2D eigenvalue weighted by molar-refractivity contribution is 7.24. The van der Waals surface area contributed by atoms with Crippen molar-refractivity contribution >= 4 is 118 Å². The van der Waals surface area contributed by atoms with E-state index < -0.39 is 0 Å². The summed E-state index contributed by atoms with van der Waals surface area (Å²) in [6.07, 6.45) is 60.1. The molecule has 28 aliphatic rings. The highest BCUT2D eigenvalue weighted by atomic mass is 32.1. The summed E-state index contributed by atoms with van der Waals surface area (Å²) in [5, 5.41) is 0. The van der Waals surface area contributed by atoms with E-state index in [-0.39, 0.29) is 0 Å². The second-order valence-electron chi connectivity index (χ2n) is 32.1. The van der Waals surface area contributed by atoms with Crippen molar-refractivity contribution in [3.63, 3.8) is 0 Å². The van der Waals surface area contributed by atoms with Gasteiger partial charge in [0.1, 0.15) is 0 Å². The molecule has 1 N–H and O–H groups in total. The molecule has 0 saturated carbocycles. The molecule has 32 bridgehead atoms. The SMILES string of the molecule is C1=CC2CCC1C1=C2c2cc3sc(cc4nc(cc5[nH]c(cc1n2)c1c5C2C=CC1CC2)C1=C4C2C=CC1CC2)c1c3C2C=CC1CC2.C1=CC2CCC1C1=C2c2cc3sc(cc4nc(cc5sc(cc1n2)c1c5C2C=CC1CC2)C1=C4C2C=CC1CC2)c1c3C2C=CC1CC2. The van der Waals surface area contributed by atoms with Crippen LogP contribution in [0.25, 0.3) is 83.8 Å². The highest BCUT2D eigenvalue weighted by Gasteiger charge is 2.45. The van der Waals surface area contributed by atoms with Crippen LogP contribution in [0.3, 0.4) is 0 Å². The van der Waals surface area contributed by atoms with Crippen molar-refractivity contribution in [3.8, 4) is 0 Å². The second-order valence-corrected chi connectivity index (χ2v) is 35.4. The lowest BCUT2D eigenvalue weighted by Crippen LogP contribution is -2.18. The highest BCUT2D eigenvalue weighted by Crippen LogP contribution is 2.62. The third-order valence-corrected chi connectivity index (χ3v) is 31.0. The largest absolute Gasteiger partial charge is 0.355 e. The number of hydrogen-bond acceptors (Lipinski definition) is 7. The molecule has 0 spiro atoms. The molecule has 4 aliphatic heterocycles. The summed E-state index contributed by atoms with van der Waals surface area (Å²) in [6.45, 7) is 0. The number of nitrogens with zero attached hydrogens (tertiary/aromatic N) is 4. The third kappa shape index (κ3) is 7.17. The molecule has 16 atom stereocenters. The van der Waals surface area contributed by atoms with Crippen LogP contribution in [0.5, 0.6) is 0 Å². The molecule has 96 heavy (non-hydrogen) atoms. The maximum Gasteiger partial charge on any atom is 0.0699 e. The van der Waals surface area contributed by atoms with Gasteiger partial charge >= 0.3 is 0 Å². The van der Waals surface area contributed by atoms with Crippen molar-refractivity contribution in [3.05, 3.63) is 236 Å². The van der Waals surface area contributed by atoms with Crippen LogP contribution in [0.2, 0.25) is 0 Å². The maximum absolute atomic E-state index is 5.64. The molecule has 6 aromatic heterocycles. The summed E-state index contributed by atoms with van der Waals surface area (Å²) >= 11 is 6.07. The van der Waals surface area contributed by atoms with E-state index in [0.29, 0.717) is 94.7 Å². The Morgan fingerprint density at radius 2 is 0.354 bits per heavy atom. The van der Waals surface area contributed by atoms with Crippen molar-refractivity contribution in [2.24, 2.45) is 47.3 Å². The molecule has 6 aromatic rings. The van der Waals surface area contributed by atoms with Crippen molar-refractivity contribution in [1.29, 1.82) is 0 Å². The number of aromatic amines is 1. The van der Waals surface area contributed by atoms with Crippen LogP contribution in [0.4, 0.5) is 0 Å². The lowest BCUT2D eigenvalue weighted by molar-refractivity contribution is 0.557. The molecular formula is C88H73N5S3. The zero-order valence-corrected chi connectivity index (χ0v) is 56.4. The zero-order valence-electron chi connectivity index (χ0n) is 53.9. The molecule has 24 aliphatic carbocycles. The molecule has 0 saturated heterocycles. The maximum atomic E-state index is 5.64.